The van der Waals surface area contributed by atoms with Crippen molar-refractivity contribution < 1.29 is 9.59 Å². The molecule has 0 saturated carbocycles. The van der Waals surface area contributed by atoms with Gasteiger partial charge < -0.3 is 0 Å². The minimum Gasteiger partial charge on any atom is -0.300 e. The highest BCUT2D eigenvalue weighted by atomic mass is 32.2. The first-order valence-corrected chi connectivity index (χ1v) is 8.38. The standard InChI is InChI=1S/C15H29NO2S/c1-12(2)14(17)10-8-6-5-7-9-11-19-16-15(18)13(3)4/h12-13H,5-11H2,1-4H3,(H,16,18). The molecule has 19 heavy (non-hydrogen) atoms. The van der Waals surface area contributed by atoms with Crippen LogP contribution < -0.4 is 4.72 Å². The predicted octanol–water partition coefficient (Wildman–Crippen LogP) is 3.97. The van der Waals surface area contributed by atoms with E-state index in [0.29, 0.717) is 5.78 Å². The van der Waals surface area contributed by atoms with Gasteiger partial charge in [0.25, 0.3) is 0 Å². The summed E-state index contributed by atoms with van der Waals surface area (Å²) in [4.78, 5) is 22.7. The van der Waals surface area contributed by atoms with Gasteiger partial charge in [0.1, 0.15) is 5.78 Å². The van der Waals surface area contributed by atoms with E-state index in [-0.39, 0.29) is 17.7 Å². The normalized spacial score (nSPS) is 11.1. The second kappa shape index (κ2) is 11.3. The third-order valence-corrected chi connectivity index (χ3v) is 3.85. The van der Waals surface area contributed by atoms with Crippen molar-refractivity contribution in [1.29, 1.82) is 0 Å². The molecule has 0 heterocycles. The Morgan fingerprint density at radius 2 is 1.47 bits per heavy atom. The highest BCUT2D eigenvalue weighted by Crippen LogP contribution is 2.10. The Bertz CT molecular complexity index is 239. The van der Waals surface area contributed by atoms with Crippen LogP contribution in [0.15, 0.2) is 0 Å². The first-order valence-electron chi connectivity index (χ1n) is 7.39. The third kappa shape index (κ3) is 11.0. The number of amides is 1. The summed E-state index contributed by atoms with van der Waals surface area (Å²) in [6.07, 6.45) is 6.39. The van der Waals surface area contributed by atoms with Crippen molar-refractivity contribution in [2.45, 2.75) is 66.2 Å². The predicted molar refractivity (Wildman–Crippen MR) is 83.0 cm³/mol. The van der Waals surface area contributed by atoms with Crippen LogP contribution in [0.2, 0.25) is 0 Å². The Balaban J connectivity index is 3.24. The first kappa shape index (κ1) is 18.5. The summed E-state index contributed by atoms with van der Waals surface area (Å²) >= 11 is 1.51. The van der Waals surface area contributed by atoms with E-state index in [1.54, 1.807) is 0 Å². The molecule has 1 N–H and O–H groups in total. The van der Waals surface area contributed by atoms with Crippen LogP contribution in [0.1, 0.15) is 66.2 Å². The minimum absolute atomic E-state index is 0.0611. The SMILES string of the molecule is CC(C)C(=O)CCCCCCCSNC(=O)C(C)C. The fourth-order valence-electron chi connectivity index (χ4n) is 1.53. The Kier molecular flexibility index (Phi) is 11.0. The molecule has 0 aliphatic carbocycles. The number of ketones is 1. The molecule has 0 aliphatic rings. The van der Waals surface area contributed by atoms with Crippen LogP contribution in [0, 0.1) is 11.8 Å². The van der Waals surface area contributed by atoms with Gasteiger partial charge >= 0.3 is 0 Å². The Morgan fingerprint density at radius 3 is 2.05 bits per heavy atom. The molecule has 0 atom stereocenters. The van der Waals surface area contributed by atoms with E-state index in [0.717, 1.165) is 31.4 Å². The van der Waals surface area contributed by atoms with E-state index in [1.165, 1.54) is 24.8 Å². The largest absolute Gasteiger partial charge is 0.300 e. The van der Waals surface area contributed by atoms with Crippen molar-refractivity contribution in [2.24, 2.45) is 11.8 Å². The third-order valence-electron chi connectivity index (χ3n) is 3.01. The monoisotopic (exact) mass is 287 g/mol. The van der Waals surface area contributed by atoms with Crippen LogP contribution in [0.3, 0.4) is 0 Å². The zero-order chi connectivity index (χ0) is 14.7. The maximum atomic E-state index is 11.4. The first-order chi connectivity index (χ1) is 8.95. The number of hydrogen-bond acceptors (Lipinski definition) is 3. The quantitative estimate of drug-likeness (QED) is 0.462. The number of unbranched alkanes of at least 4 members (excludes halogenated alkanes) is 4. The Hall–Kier alpha value is -0.510. The molecule has 0 aromatic heterocycles. The van der Waals surface area contributed by atoms with Gasteiger partial charge in [-0.3, -0.25) is 14.3 Å². The summed E-state index contributed by atoms with van der Waals surface area (Å²) in [5, 5.41) is 0. The Labute approximate surface area is 122 Å². The van der Waals surface area contributed by atoms with Crippen molar-refractivity contribution in [2.75, 3.05) is 5.75 Å². The molecule has 0 aliphatic heterocycles. The summed E-state index contributed by atoms with van der Waals surface area (Å²) in [6.45, 7) is 7.72. The Morgan fingerprint density at radius 1 is 0.895 bits per heavy atom. The lowest BCUT2D eigenvalue weighted by Crippen LogP contribution is -2.21. The maximum absolute atomic E-state index is 11.4. The summed E-state index contributed by atoms with van der Waals surface area (Å²) < 4.78 is 2.84. The van der Waals surface area contributed by atoms with Gasteiger partial charge in [0.05, 0.1) is 0 Å². The van der Waals surface area contributed by atoms with E-state index >= 15 is 0 Å². The van der Waals surface area contributed by atoms with Gasteiger partial charge in [0, 0.05) is 24.0 Å². The van der Waals surface area contributed by atoms with Crippen LogP contribution in [0.25, 0.3) is 0 Å². The molecule has 0 spiro atoms. The second-order valence-electron chi connectivity index (χ2n) is 5.61. The van der Waals surface area contributed by atoms with E-state index in [1.807, 2.05) is 27.7 Å². The van der Waals surface area contributed by atoms with Crippen molar-refractivity contribution in [3.05, 3.63) is 0 Å². The lowest BCUT2D eigenvalue weighted by molar-refractivity contribution is -0.122. The van der Waals surface area contributed by atoms with Gasteiger partial charge in [-0.1, -0.05) is 58.9 Å². The van der Waals surface area contributed by atoms with E-state index in [4.69, 9.17) is 0 Å². The average Bonchev–Trinajstić information content (AvgIpc) is 2.35. The molecule has 0 radical (unpaired) electrons. The van der Waals surface area contributed by atoms with Gasteiger partial charge in [-0.2, -0.15) is 0 Å². The van der Waals surface area contributed by atoms with Crippen LogP contribution in [-0.4, -0.2) is 17.4 Å². The molecule has 1 amide bonds. The number of nitrogens with one attached hydrogen (secondary N) is 1. The van der Waals surface area contributed by atoms with Crippen LogP contribution in [-0.2, 0) is 9.59 Å². The van der Waals surface area contributed by atoms with Crippen molar-refractivity contribution in [3.63, 3.8) is 0 Å². The molecule has 4 heteroatoms. The van der Waals surface area contributed by atoms with Crippen LogP contribution in [0.4, 0.5) is 0 Å². The molecule has 0 saturated heterocycles. The van der Waals surface area contributed by atoms with E-state index in [2.05, 4.69) is 4.72 Å². The minimum atomic E-state index is 0.0611. The molecule has 0 rings (SSSR count). The topological polar surface area (TPSA) is 46.2 Å². The summed E-state index contributed by atoms with van der Waals surface area (Å²) in [7, 11) is 0. The molecule has 0 unspecified atom stereocenters. The highest BCUT2D eigenvalue weighted by molar-refractivity contribution is 7.97. The smallest absolute Gasteiger partial charge is 0.232 e. The molecule has 0 fully saturated rings. The van der Waals surface area contributed by atoms with Crippen molar-refractivity contribution in [1.82, 2.24) is 4.72 Å². The summed E-state index contributed by atoms with van der Waals surface area (Å²) in [5.74, 6) is 1.71. The number of carbonyl (C=O) groups excluding carboxylic acids is 2. The second-order valence-corrected chi connectivity index (χ2v) is 6.51. The number of rotatable bonds is 11. The average molecular weight is 287 g/mol. The fraction of sp³-hybridized carbons (Fsp3) is 0.867. The zero-order valence-electron chi connectivity index (χ0n) is 12.8. The number of hydrogen-bond donors (Lipinski definition) is 1. The molecular formula is C15H29NO2S. The van der Waals surface area contributed by atoms with Gasteiger partial charge in [-0.15, -0.1) is 0 Å². The highest BCUT2D eigenvalue weighted by Gasteiger charge is 2.06. The van der Waals surface area contributed by atoms with E-state index < -0.39 is 0 Å². The molecular weight excluding hydrogens is 258 g/mol. The molecule has 3 nitrogen and oxygen atoms in total. The van der Waals surface area contributed by atoms with Crippen LogP contribution in [0.5, 0.6) is 0 Å². The molecule has 0 aromatic carbocycles. The molecule has 112 valence electrons. The number of carbonyl (C=O) groups is 2. The van der Waals surface area contributed by atoms with Crippen LogP contribution >= 0.6 is 11.9 Å². The summed E-state index contributed by atoms with van der Waals surface area (Å²) in [5.41, 5.74) is 0. The lowest BCUT2D eigenvalue weighted by atomic mass is 10.0. The van der Waals surface area contributed by atoms with Gasteiger partial charge in [0.15, 0.2) is 0 Å². The van der Waals surface area contributed by atoms with Gasteiger partial charge in [-0.25, -0.2) is 0 Å². The molecule has 0 bridgehead atoms. The summed E-state index contributed by atoms with van der Waals surface area (Å²) in [6, 6.07) is 0. The van der Waals surface area contributed by atoms with Crippen molar-refractivity contribution in [3.8, 4) is 0 Å². The van der Waals surface area contributed by atoms with Crippen molar-refractivity contribution >= 4 is 23.6 Å². The maximum Gasteiger partial charge on any atom is 0.232 e. The lowest BCUT2D eigenvalue weighted by Gasteiger charge is -2.06. The zero-order valence-corrected chi connectivity index (χ0v) is 13.6. The number of Topliss-reactive ketones (excluding diaryl/α,β-unsaturated/α-hetero) is 1. The van der Waals surface area contributed by atoms with Gasteiger partial charge in [0.2, 0.25) is 5.91 Å². The fourth-order valence-corrected chi connectivity index (χ4v) is 2.36. The van der Waals surface area contributed by atoms with E-state index in [9.17, 15) is 9.59 Å². The molecule has 0 aromatic rings. The van der Waals surface area contributed by atoms with Gasteiger partial charge in [-0.05, 0) is 12.8 Å².